The Morgan fingerprint density at radius 2 is 2.17 bits per heavy atom. The van der Waals surface area contributed by atoms with Crippen molar-refractivity contribution in [3.63, 3.8) is 0 Å². The molecule has 1 saturated carbocycles. The summed E-state index contributed by atoms with van der Waals surface area (Å²) in [6, 6.07) is 6.65. The molecule has 1 N–H and O–H groups in total. The molecule has 0 bridgehead atoms. The van der Waals surface area contributed by atoms with Crippen molar-refractivity contribution < 1.29 is 4.74 Å². The molecule has 1 aliphatic heterocycles. The molecule has 0 unspecified atom stereocenters. The van der Waals surface area contributed by atoms with Gasteiger partial charge in [0, 0.05) is 6.42 Å². The fourth-order valence-electron chi connectivity index (χ4n) is 2.84. The molecule has 2 nitrogen and oxygen atoms in total. The third kappa shape index (κ3) is 2.86. The molecular weight excluding hydrogens is 222 g/mol. The molecule has 2 heteroatoms. The number of hydrogen-bond acceptors (Lipinski definition) is 2. The van der Waals surface area contributed by atoms with Crippen LogP contribution in [0.2, 0.25) is 0 Å². The van der Waals surface area contributed by atoms with Crippen molar-refractivity contribution in [2.75, 3.05) is 19.7 Å². The molecule has 0 spiro atoms. The topological polar surface area (TPSA) is 21.3 Å². The lowest BCUT2D eigenvalue weighted by molar-refractivity contribution is 0.292. The zero-order chi connectivity index (χ0) is 12.2. The van der Waals surface area contributed by atoms with Gasteiger partial charge in [0.1, 0.15) is 5.75 Å². The van der Waals surface area contributed by atoms with Crippen LogP contribution in [0.5, 0.6) is 5.75 Å². The largest absolute Gasteiger partial charge is 0.493 e. The van der Waals surface area contributed by atoms with E-state index in [0.717, 1.165) is 37.7 Å². The number of benzene rings is 1. The molecule has 1 aromatic rings. The Kier molecular flexibility index (Phi) is 3.84. The number of rotatable bonds is 6. The van der Waals surface area contributed by atoms with Gasteiger partial charge >= 0.3 is 0 Å². The van der Waals surface area contributed by atoms with Crippen LogP contribution in [0, 0.1) is 5.92 Å². The van der Waals surface area contributed by atoms with Crippen LogP contribution in [0.1, 0.15) is 36.8 Å². The van der Waals surface area contributed by atoms with Gasteiger partial charge in [-0.2, -0.15) is 0 Å². The van der Waals surface area contributed by atoms with Crippen LogP contribution < -0.4 is 10.1 Å². The summed E-state index contributed by atoms with van der Waals surface area (Å²) in [6.45, 7) is 3.16. The summed E-state index contributed by atoms with van der Waals surface area (Å²) >= 11 is 0. The molecule has 2 aliphatic rings. The molecule has 0 saturated heterocycles. The third-order valence-corrected chi connectivity index (χ3v) is 4.30. The minimum absolute atomic E-state index is 0.860. The molecular formula is C16H23NO. The Bertz CT molecular complexity index is 398. The van der Waals surface area contributed by atoms with E-state index in [1.54, 1.807) is 0 Å². The van der Waals surface area contributed by atoms with Crippen LogP contribution in [0.4, 0.5) is 0 Å². The molecule has 1 fully saturated rings. The molecule has 3 rings (SSSR count). The zero-order valence-corrected chi connectivity index (χ0v) is 11.1. The van der Waals surface area contributed by atoms with Gasteiger partial charge in [0.15, 0.2) is 0 Å². The van der Waals surface area contributed by atoms with Crippen LogP contribution in [0.15, 0.2) is 18.2 Å². The SMILES string of the molecule is c1cc2c(cc1CCNCCC1CCC1)CCO2. The highest BCUT2D eigenvalue weighted by molar-refractivity contribution is 5.39. The summed E-state index contributed by atoms with van der Waals surface area (Å²) in [6.07, 6.45) is 7.98. The van der Waals surface area contributed by atoms with Crippen LogP contribution in [-0.4, -0.2) is 19.7 Å². The van der Waals surface area contributed by atoms with Gasteiger partial charge < -0.3 is 10.1 Å². The van der Waals surface area contributed by atoms with E-state index in [9.17, 15) is 0 Å². The van der Waals surface area contributed by atoms with E-state index in [-0.39, 0.29) is 0 Å². The smallest absolute Gasteiger partial charge is 0.122 e. The molecule has 0 aromatic heterocycles. The Morgan fingerprint density at radius 1 is 1.22 bits per heavy atom. The monoisotopic (exact) mass is 245 g/mol. The minimum Gasteiger partial charge on any atom is -0.493 e. The van der Waals surface area contributed by atoms with E-state index in [1.165, 1.54) is 43.4 Å². The summed E-state index contributed by atoms with van der Waals surface area (Å²) in [5.41, 5.74) is 2.83. The summed E-state index contributed by atoms with van der Waals surface area (Å²) in [4.78, 5) is 0. The van der Waals surface area contributed by atoms with Gasteiger partial charge in [-0.1, -0.05) is 31.4 Å². The Balaban J connectivity index is 1.37. The summed E-state index contributed by atoms with van der Waals surface area (Å²) < 4.78 is 5.53. The van der Waals surface area contributed by atoms with Crippen molar-refractivity contribution in [2.24, 2.45) is 5.92 Å². The molecule has 98 valence electrons. The highest BCUT2D eigenvalue weighted by atomic mass is 16.5. The molecule has 1 aromatic carbocycles. The molecule has 18 heavy (non-hydrogen) atoms. The summed E-state index contributed by atoms with van der Waals surface area (Å²) in [5, 5.41) is 3.57. The lowest BCUT2D eigenvalue weighted by Crippen LogP contribution is -2.23. The van der Waals surface area contributed by atoms with Crippen molar-refractivity contribution in [3.8, 4) is 5.75 Å². The van der Waals surface area contributed by atoms with Crippen LogP contribution in [0.25, 0.3) is 0 Å². The second-order valence-corrected chi connectivity index (χ2v) is 5.63. The first-order chi connectivity index (χ1) is 8.92. The molecule has 0 amide bonds. The van der Waals surface area contributed by atoms with E-state index in [0.29, 0.717) is 0 Å². The maximum Gasteiger partial charge on any atom is 0.122 e. The van der Waals surface area contributed by atoms with Gasteiger partial charge in [-0.15, -0.1) is 0 Å². The van der Waals surface area contributed by atoms with Gasteiger partial charge in [-0.3, -0.25) is 0 Å². The lowest BCUT2D eigenvalue weighted by atomic mass is 9.83. The molecule has 0 radical (unpaired) electrons. The van der Waals surface area contributed by atoms with E-state index in [1.807, 2.05) is 0 Å². The fraction of sp³-hybridized carbons (Fsp3) is 0.625. The first-order valence-electron chi connectivity index (χ1n) is 7.37. The number of hydrogen-bond donors (Lipinski definition) is 1. The van der Waals surface area contributed by atoms with Gasteiger partial charge in [0.2, 0.25) is 0 Å². The van der Waals surface area contributed by atoms with Gasteiger partial charge in [0.25, 0.3) is 0 Å². The van der Waals surface area contributed by atoms with E-state index >= 15 is 0 Å². The normalized spacial score (nSPS) is 18.2. The van der Waals surface area contributed by atoms with E-state index < -0.39 is 0 Å². The molecule has 1 aliphatic carbocycles. The van der Waals surface area contributed by atoms with Crippen LogP contribution in [-0.2, 0) is 12.8 Å². The highest BCUT2D eigenvalue weighted by Gasteiger charge is 2.16. The Morgan fingerprint density at radius 3 is 3.00 bits per heavy atom. The van der Waals surface area contributed by atoms with Crippen molar-refractivity contribution in [1.82, 2.24) is 5.32 Å². The lowest BCUT2D eigenvalue weighted by Gasteiger charge is -2.25. The first-order valence-corrected chi connectivity index (χ1v) is 7.37. The minimum atomic E-state index is 0.860. The van der Waals surface area contributed by atoms with Gasteiger partial charge in [0.05, 0.1) is 6.61 Å². The predicted octanol–water partition coefficient (Wildman–Crippen LogP) is 2.94. The predicted molar refractivity (Wildman–Crippen MR) is 74.2 cm³/mol. The summed E-state index contributed by atoms with van der Waals surface area (Å²) in [7, 11) is 0. The average Bonchev–Trinajstić information content (AvgIpc) is 2.78. The van der Waals surface area contributed by atoms with Crippen molar-refractivity contribution >= 4 is 0 Å². The summed E-state index contributed by atoms with van der Waals surface area (Å²) in [5.74, 6) is 2.12. The fourth-order valence-corrected chi connectivity index (χ4v) is 2.84. The van der Waals surface area contributed by atoms with Crippen LogP contribution >= 0.6 is 0 Å². The average molecular weight is 245 g/mol. The maximum atomic E-state index is 5.53. The third-order valence-electron chi connectivity index (χ3n) is 4.30. The van der Waals surface area contributed by atoms with E-state index in [4.69, 9.17) is 4.74 Å². The number of fused-ring (bicyclic) bond motifs is 1. The second kappa shape index (κ2) is 5.75. The number of nitrogens with one attached hydrogen (secondary N) is 1. The van der Waals surface area contributed by atoms with Crippen molar-refractivity contribution in [3.05, 3.63) is 29.3 Å². The van der Waals surface area contributed by atoms with Gasteiger partial charge in [-0.25, -0.2) is 0 Å². The Hall–Kier alpha value is -1.02. The zero-order valence-electron chi connectivity index (χ0n) is 11.1. The van der Waals surface area contributed by atoms with Crippen molar-refractivity contribution in [2.45, 2.75) is 38.5 Å². The molecule has 0 atom stereocenters. The Labute approximate surface area is 110 Å². The van der Waals surface area contributed by atoms with E-state index in [2.05, 4.69) is 23.5 Å². The second-order valence-electron chi connectivity index (χ2n) is 5.63. The van der Waals surface area contributed by atoms with Crippen LogP contribution in [0.3, 0.4) is 0 Å². The molecule has 1 heterocycles. The van der Waals surface area contributed by atoms with Crippen molar-refractivity contribution in [1.29, 1.82) is 0 Å². The first kappa shape index (κ1) is 12.0. The number of ether oxygens (including phenoxy) is 1. The maximum absolute atomic E-state index is 5.53. The standard InChI is InChI=1S/C16H23NO/c1-2-13(3-1)6-9-17-10-7-14-4-5-16-15(12-14)8-11-18-16/h4-5,12-13,17H,1-3,6-11H2. The highest BCUT2D eigenvalue weighted by Crippen LogP contribution is 2.28. The van der Waals surface area contributed by atoms with Gasteiger partial charge in [-0.05, 0) is 49.0 Å². The quantitative estimate of drug-likeness (QED) is 0.778.